The van der Waals surface area contributed by atoms with Crippen LogP contribution in [0.2, 0.25) is 0 Å². The molecule has 0 radical (unpaired) electrons. The molecule has 2 atom stereocenters. The van der Waals surface area contributed by atoms with Gasteiger partial charge in [0.15, 0.2) is 0 Å². The summed E-state index contributed by atoms with van der Waals surface area (Å²) in [5.41, 5.74) is 0. The number of ketones is 1. The highest BCUT2D eigenvalue weighted by atomic mass is 16.5. The second kappa shape index (κ2) is 4.72. The van der Waals surface area contributed by atoms with Crippen LogP contribution in [0, 0.1) is 0 Å². The van der Waals surface area contributed by atoms with Gasteiger partial charge in [-0.3, -0.25) is 9.69 Å². The lowest BCUT2D eigenvalue weighted by molar-refractivity contribution is -0.126. The van der Waals surface area contributed by atoms with Gasteiger partial charge in [-0.25, -0.2) is 0 Å². The maximum atomic E-state index is 11.4. The van der Waals surface area contributed by atoms with Crippen molar-refractivity contribution in [2.45, 2.75) is 39.3 Å². The van der Waals surface area contributed by atoms with Crippen LogP contribution in [-0.4, -0.2) is 42.5 Å². The summed E-state index contributed by atoms with van der Waals surface area (Å²) in [4.78, 5) is 13.6. The van der Waals surface area contributed by atoms with E-state index in [0.29, 0.717) is 12.2 Å². The zero-order chi connectivity index (χ0) is 9.84. The largest absolute Gasteiger partial charge is 0.376 e. The number of carbonyl (C=O) groups excluding carboxylic acids is 1. The summed E-state index contributed by atoms with van der Waals surface area (Å²) in [5, 5.41) is 0. The fraction of sp³-hybridized carbons (Fsp3) is 0.900. The van der Waals surface area contributed by atoms with E-state index in [9.17, 15) is 4.79 Å². The highest BCUT2D eigenvalue weighted by Crippen LogP contribution is 2.09. The first-order chi connectivity index (χ1) is 6.15. The summed E-state index contributed by atoms with van der Waals surface area (Å²) in [6.07, 6.45) is 0.897. The van der Waals surface area contributed by atoms with Crippen LogP contribution in [0.1, 0.15) is 27.2 Å². The van der Waals surface area contributed by atoms with E-state index in [4.69, 9.17) is 4.74 Å². The fourth-order valence-electron chi connectivity index (χ4n) is 1.70. The lowest BCUT2D eigenvalue weighted by Gasteiger charge is -2.34. The molecule has 2 unspecified atom stereocenters. The maximum Gasteiger partial charge on any atom is 0.149 e. The number of morpholine rings is 1. The van der Waals surface area contributed by atoms with Crippen molar-refractivity contribution in [1.29, 1.82) is 0 Å². The van der Waals surface area contributed by atoms with Crippen LogP contribution in [0.3, 0.4) is 0 Å². The first-order valence-electron chi connectivity index (χ1n) is 5.03. The van der Waals surface area contributed by atoms with Gasteiger partial charge in [0.2, 0.25) is 0 Å². The van der Waals surface area contributed by atoms with E-state index >= 15 is 0 Å². The van der Waals surface area contributed by atoms with Gasteiger partial charge in [-0.15, -0.1) is 0 Å². The lowest BCUT2D eigenvalue weighted by atomic mass is 10.1. The topological polar surface area (TPSA) is 29.5 Å². The zero-order valence-electron chi connectivity index (χ0n) is 8.75. The molecule has 1 fully saturated rings. The van der Waals surface area contributed by atoms with Crippen LogP contribution in [-0.2, 0) is 9.53 Å². The standard InChI is InChI=1S/C10H19NO2/c1-4-10(12)9(3)11-5-6-13-8(2)7-11/h8-9H,4-7H2,1-3H3. The molecule has 3 nitrogen and oxygen atoms in total. The van der Waals surface area contributed by atoms with Crippen molar-refractivity contribution in [3.05, 3.63) is 0 Å². The Morgan fingerprint density at radius 3 is 2.92 bits per heavy atom. The van der Waals surface area contributed by atoms with E-state index in [-0.39, 0.29) is 12.1 Å². The molecule has 0 aromatic heterocycles. The molecule has 0 bridgehead atoms. The minimum Gasteiger partial charge on any atom is -0.376 e. The summed E-state index contributed by atoms with van der Waals surface area (Å²) < 4.78 is 5.42. The number of hydrogen-bond acceptors (Lipinski definition) is 3. The Morgan fingerprint density at radius 2 is 2.38 bits per heavy atom. The van der Waals surface area contributed by atoms with Gasteiger partial charge in [0, 0.05) is 19.5 Å². The summed E-state index contributed by atoms with van der Waals surface area (Å²) in [7, 11) is 0. The van der Waals surface area contributed by atoms with Gasteiger partial charge in [0.1, 0.15) is 5.78 Å². The quantitative estimate of drug-likeness (QED) is 0.659. The fourth-order valence-corrected chi connectivity index (χ4v) is 1.70. The summed E-state index contributed by atoms with van der Waals surface area (Å²) in [6.45, 7) is 8.48. The van der Waals surface area contributed by atoms with Crippen molar-refractivity contribution in [3.63, 3.8) is 0 Å². The second-order valence-corrected chi connectivity index (χ2v) is 3.67. The Hall–Kier alpha value is -0.410. The van der Waals surface area contributed by atoms with Gasteiger partial charge >= 0.3 is 0 Å². The Balaban J connectivity index is 2.45. The number of rotatable bonds is 3. The molecule has 0 amide bonds. The van der Waals surface area contributed by atoms with Gasteiger partial charge in [-0.1, -0.05) is 6.92 Å². The molecule has 0 aromatic rings. The van der Waals surface area contributed by atoms with E-state index in [0.717, 1.165) is 19.7 Å². The van der Waals surface area contributed by atoms with Crippen LogP contribution < -0.4 is 0 Å². The molecule has 0 N–H and O–H groups in total. The van der Waals surface area contributed by atoms with Crippen LogP contribution in [0.25, 0.3) is 0 Å². The van der Waals surface area contributed by atoms with Crippen molar-refractivity contribution >= 4 is 5.78 Å². The average molecular weight is 185 g/mol. The average Bonchev–Trinajstić information content (AvgIpc) is 2.15. The van der Waals surface area contributed by atoms with E-state index in [1.54, 1.807) is 0 Å². The third kappa shape index (κ3) is 2.78. The third-order valence-electron chi connectivity index (χ3n) is 2.63. The second-order valence-electron chi connectivity index (χ2n) is 3.67. The summed E-state index contributed by atoms with van der Waals surface area (Å²) >= 11 is 0. The highest BCUT2D eigenvalue weighted by molar-refractivity contribution is 5.83. The van der Waals surface area contributed by atoms with Crippen LogP contribution in [0.15, 0.2) is 0 Å². The van der Waals surface area contributed by atoms with Crippen molar-refractivity contribution in [1.82, 2.24) is 4.90 Å². The van der Waals surface area contributed by atoms with Crippen LogP contribution in [0.4, 0.5) is 0 Å². The Bertz CT molecular complexity index is 182. The number of nitrogens with zero attached hydrogens (tertiary/aromatic N) is 1. The summed E-state index contributed by atoms with van der Waals surface area (Å²) in [5.74, 6) is 0.328. The minimum absolute atomic E-state index is 0.0661. The molecule has 76 valence electrons. The SMILES string of the molecule is CCC(=O)C(C)N1CCOC(C)C1. The molecular weight excluding hydrogens is 166 g/mol. The van der Waals surface area contributed by atoms with Crippen molar-refractivity contribution in [2.75, 3.05) is 19.7 Å². The Kier molecular flexibility index (Phi) is 3.88. The van der Waals surface area contributed by atoms with E-state index < -0.39 is 0 Å². The first-order valence-corrected chi connectivity index (χ1v) is 5.03. The minimum atomic E-state index is 0.0661. The molecule has 1 heterocycles. The maximum absolute atomic E-state index is 11.4. The molecular formula is C10H19NO2. The Morgan fingerprint density at radius 1 is 1.69 bits per heavy atom. The van der Waals surface area contributed by atoms with Gasteiger partial charge in [0.25, 0.3) is 0 Å². The number of ether oxygens (including phenoxy) is 1. The Labute approximate surface area is 80.1 Å². The molecule has 1 saturated heterocycles. The van der Waals surface area contributed by atoms with Crippen molar-refractivity contribution in [2.24, 2.45) is 0 Å². The van der Waals surface area contributed by atoms with Crippen molar-refractivity contribution < 1.29 is 9.53 Å². The molecule has 3 heteroatoms. The monoisotopic (exact) mass is 185 g/mol. The normalized spacial score (nSPS) is 27.2. The molecule has 0 spiro atoms. The van der Waals surface area contributed by atoms with E-state index in [2.05, 4.69) is 11.8 Å². The molecule has 1 aliphatic rings. The molecule has 1 aliphatic heterocycles. The predicted octanol–water partition coefficient (Wildman–Crippen LogP) is 1.07. The highest BCUT2D eigenvalue weighted by Gasteiger charge is 2.24. The van der Waals surface area contributed by atoms with Gasteiger partial charge in [0.05, 0.1) is 18.8 Å². The van der Waals surface area contributed by atoms with Gasteiger partial charge < -0.3 is 4.74 Å². The van der Waals surface area contributed by atoms with Gasteiger partial charge in [-0.2, -0.15) is 0 Å². The number of Topliss-reactive ketones (excluding diaryl/α,β-unsaturated/α-hetero) is 1. The molecule has 0 aromatic carbocycles. The van der Waals surface area contributed by atoms with Crippen molar-refractivity contribution in [3.8, 4) is 0 Å². The number of hydrogen-bond donors (Lipinski definition) is 0. The molecule has 13 heavy (non-hydrogen) atoms. The first kappa shape index (κ1) is 10.7. The van der Waals surface area contributed by atoms with E-state index in [1.807, 2.05) is 13.8 Å². The van der Waals surface area contributed by atoms with Gasteiger partial charge in [-0.05, 0) is 13.8 Å². The predicted molar refractivity (Wildman–Crippen MR) is 51.7 cm³/mol. The third-order valence-corrected chi connectivity index (χ3v) is 2.63. The molecule has 1 rings (SSSR count). The molecule has 0 saturated carbocycles. The van der Waals surface area contributed by atoms with E-state index in [1.165, 1.54) is 0 Å². The lowest BCUT2D eigenvalue weighted by Crippen LogP contribution is -2.48. The zero-order valence-corrected chi connectivity index (χ0v) is 8.75. The molecule has 0 aliphatic carbocycles. The summed E-state index contributed by atoms with van der Waals surface area (Å²) in [6, 6.07) is 0.0661. The van der Waals surface area contributed by atoms with Crippen LogP contribution in [0.5, 0.6) is 0 Å². The smallest absolute Gasteiger partial charge is 0.149 e. The number of carbonyl (C=O) groups is 1. The van der Waals surface area contributed by atoms with Crippen LogP contribution >= 0.6 is 0 Å².